The molecule has 1 aliphatic rings. The number of benzene rings is 2. The molecule has 5 rings (SSSR count). The molecule has 0 aliphatic heterocycles. The van der Waals surface area contributed by atoms with Gasteiger partial charge in [-0.05, 0) is 43.2 Å². The van der Waals surface area contributed by atoms with Crippen LogP contribution in [0.1, 0.15) is 12.8 Å². The third-order valence-corrected chi connectivity index (χ3v) is 5.80. The van der Waals surface area contributed by atoms with Crippen LogP contribution >= 0.6 is 0 Å². The first-order valence-electron chi connectivity index (χ1n) is 11.0. The second-order valence-corrected chi connectivity index (χ2v) is 8.38. The number of nitrogens with one attached hydrogen (secondary N) is 2. The number of hydrogen-bond donors (Lipinski definition) is 2. The van der Waals surface area contributed by atoms with Gasteiger partial charge in [-0.2, -0.15) is 5.10 Å². The van der Waals surface area contributed by atoms with Gasteiger partial charge in [-0.1, -0.05) is 18.2 Å². The van der Waals surface area contributed by atoms with Crippen molar-refractivity contribution in [3.63, 3.8) is 0 Å². The average molecular weight is 471 g/mol. The summed E-state index contributed by atoms with van der Waals surface area (Å²) in [7, 11) is 1.81. The standard InChI is InChI=1S/C26H22FN5O3/c1-32-16-17(15-29-32)22-14-20(9-12-28-22)35-23-8-7-19(13-21(23)27)31-25(34)26(10-11-26)24(33)30-18-5-3-2-4-6-18/h2-9,12-16H,10-11H2,1H3,(H,30,33)(H,31,34). The Hall–Kier alpha value is -4.53. The fourth-order valence-electron chi connectivity index (χ4n) is 3.68. The number of anilines is 2. The maximum Gasteiger partial charge on any atom is 0.240 e. The average Bonchev–Trinajstić information content (AvgIpc) is 3.56. The highest BCUT2D eigenvalue weighted by molar-refractivity contribution is 6.16. The van der Waals surface area contributed by atoms with Crippen LogP contribution in [0.3, 0.4) is 0 Å². The van der Waals surface area contributed by atoms with Crippen molar-refractivity contribution in [2.45, 2.75) is 12.8 Å². The Morgan fingerprint density at radius 3 is 2.40 bits per heavy atom. The minimum atomic E-state index is -1.15. The molecule has 0 saturated heterocycles. The molecule has 2 N–H and O–H groups in total. The molecule has 0 unspecified atom stereocenters. The van der Waals surface area contributed by atoms with Crippen molar-refractivity contribution in [2.75, 3.05) is 10.6 Å². The molecule has 1 saturated carbocycles. The second kappa shape index (κ2) is 9.02. The molecule has 0 bridgehead atoms. The number of para-hydroxylation sites is 1. The fraction of sp³-hybridized carbons (Fsp3) is 0.154. The molecule has 0 spiro atoms. The third-order valence-electron chi connectivity index (χ3n) is 5.80. The van der Waals surface area contributed by atoms with Crippen LogP contribution in [0.5, 0.6) is 11.5 Å². The van der Waals surface area contributed by atoms with Gasteiger partial charge in [0.15, 0.2) is 11.6 Å². The van der Waals surface area contributed by atoms with E-state index in [1.807, 2.05) is 12.3 Å². The monoisotopic (exact) mass is 471 g/mol. The summed E-state index contributed by atoms with van der Waals surface area (Å²) < 4.78 is 22.2. The van der Waals surface area contributed by atoms with E-state index < -0.39 is 17.1 Å². The quantitative estimate of drug-likeness (QED) is 0.379. The largest absolute Gasteiger partial charge is 0.454 e. The first-order valence-corrected chi connectivity index (χ1v) is 11.0. The normalized spacial score (nSPS) is 13.7. The van der Waals surface area contributed by atoms with Crippen molar-refractivity contribution in [3.05, 3.63) is 85.1 Å². The highest BCUT2D eigenvalue weighted by Gasteiger charge is 2.56. The summed E-state index contributed by atoms with van der Waals surface area (Å²) in [5.41, 5.74) is 1.16. The predicted molar refractivity (Wildman–Crippen MR) is 128 cm³/mol. The molecule has 8 nitrogen and oxygen atoms in total. The van der Waals surface area contributed by atoms with E-state index in [9.17, 15) is 14.0 Å². The number of amides is 2. The highest BCUT2D eigenvalue weighted by Crippen LogP contribution is 2.47. The number of rotatable bonds is 7. The minimum Gasteiger partial charge on any atom is -0.454 e. The minimum absolute atomic E-state index is 0.00529. The van der Waals surface area contributed by atoms with Gasteiger partial charge in [0.05, 0.1) is 11.9 Å². The Labute approximate surface area is 200 Å². The number of aryl methyl sites for hydroxylation is 1. The maximum absolute atomic E-state index is 14.8. The van der Waals surface area contributed by atoms with Crippen molar-refractivity contribution < 1.29 is 18.7 Å². The molecule has 35 heavy (non-hydrogen) atoms. The zero-order valence-corrected chi connectivity index (χ0v) is 18.9. The Morgan fingerprint density at radius 2 is 1.74 bits per heavy atom. The summed E-state index contributed by atoms with van der Waals surface area (Å²) in [6.07, 6.45) is 5.93. The number of carbonyl (C=O) groups is 2. The van der Waals surface area contributed by atoms with E-state index in [1.165, 1.54) is 18.2 Å². The fourth-order valence-corrected chi connectivity index (χ4v) is 3.68. The molecule has 1 fully saturated rings. The topological polar surface area (TPSA) is 98.1 Å². The number of ether oxygens (including phenoxy) is 1. The molecular formula is C26H22FN5O3. The summed E-state index contributed by atoms with van der Waals surface area (Å²) in [5, 5.41) is 9.56. The highest BCUT2D eigenvalue weighted by atomic mass is 19.1. The lowest BCUT2D eigenvalue weighted by molar-refractivity contribution is -0.131. The Bertz CT molecular complexity index is 1400. The van der Waals surface area contributed by atoms with Crippen LogP contribution in [0.4, 0.5) is 15.8 Å². The molecular weight excluding hydrogens is 449 g/mol. The lowest BCUT2D eigenvalue weighted by Gasteiger charge is -2.16. The summed E-state index contributed by atoms with van der Waals surface area (Å²) in [5.74, 6) is -1.09. The van der Waals surface area contributed by atoms with Crippen LogP contribution in [0.15, 0.2) is 79.3 Å². The van der Waals surface area contributed by atoms with E-state index in [0.717, 1.165) is 5.56 Å². The van der Waals surface area contributed by atoms with Crippen LogP contribution in [0.2, 0.25) is 0 Å². The van der Waals surface area contributed by atoms with Gasteiger partial charge in [-0.25, -0.2) is 4.39 Å². The summed E-state index contributed by atoms with van der Waals surface area (Å²) in [6, 6.07) is 16.4. The van der Waals surface area contributed by atoms with E-state index in [4.69, 9.17) is 4.74 Å². The molecule has 176 valence electrons. The Morgan fingerprint density at radius 1 is 1.00 bits per heavy atom. The number of aromatic nitrogens is 3. The maximum atomic E-state index is 14.8. The van der Waals surface area contributed by atoms with Gasteiger partial charge >= 0.3 is 0 Å². The van der Waals surface area contributed by atoms with E-state index in [1.54, 1.807) is 60.5 Å². The van der Waals surface area contributed by atoms with Crippen LogP contribution in [0, 0.1) is 11.2 Å². The Balaban J connectivity index is 1.26. The third kappa shape index (κ3) is 4.74. The molecule has 0 radical (unpaired) electrons. The SMILES string of the molecule is Cn1cc(-c2cc(Oc3ccc(NC(=O)C4(C(=O)Nc5ccccc5)CC4)cc3F)ccn2)cn1. The van der Waals surface area contributed by atoms with E-state index in [-0.39, 0.29) is 17.3 Å². The molecule has 2 aromatic carbocycles. The van der Waals surface area contributed by atoms with Crippen LogP contribution in [-0.4, -0.2) is 26.6 Å². The van der Waals surface area contributed by atoms with Crippen LogP contribution < -0.4 is 15.4 Å². The van der Waals surface area contributed by atoms with Crippen molar-refractivity contribution in [1.29, 1.82) is 0 Å². The van der Waals surface area contributed by atoms with Gasteiger partial charge in [0, 0.05) is 48.5 Å². The summed E-state index contributed by atoms with van der Waals surface area (Å²) in [4.78, 5) is 29.9. The molecule has 2 amide bonds. The van der Waals surface area contributed by atoms with E-state index in [2.05, 4.69) is 20.7 Å². The number of pyridine rings is 1. The number of carbonyl (C=O) groups excluding carboxylic acids is 2. The van der Waals surface area contributed by atoms with Gasteiger partial charge in [0.2, 0.25) is 11.8 Å². The van der Waals surface area contributed by atoms with Crippen molar-refractivity contribution >= 4 is 23.2 Å². The summed E-state index contributed by atoms with van der Waals surface area (Å²) in [6.45, 7) is 0. The van der Waals surface area contributed by atoms with E-state index >= 15 is 0 Å². The first kappa shape index (κ1) is 22.3. The smallest absolute Gasteiger partial charge is 0.240 e. The first-order chi connectivity index (χ1) is 16.9. The van der Waals surface area contributed by atoms with Crippen molar-refractivity contribution in [1.82, 2.24) is 14.8 Å². The number of nitrogens with zero attached hydrogens (tertiary/aromatic N) is 3. The molecule has 1 aliphatic carbocycles. The van der Waals surface area contributed by atoms with Crippen molar-refractivity contribution in [3.8, 4) is 22.8 Å². The second-order valence-electron chi connectivity index (χ2n) is 8.38. The van der Waals surface area contributed by atoms with Gasteiger partial charge in [0.1, 0.15) is 11.2 Å². The zero-order chi connectivity index (χ0) is 24.4. The lowest BCUT2D eigenvalue weighted by Crippen LogP contribution is -2.35. The molecule has 0 atom stereocenters. The molecule has 2 aromatic heterocycles. The molecule has 2 heterocycles. The Kier molecular flexibility index (Phi) is 5.74. The number of hydrogen-bond acceptors (Lipinski definition) is 5. The predicted octanol–water partition coefficient (Wildman–Crippen LogP) is 4.77. The van der Waals surface area contributed by atoms with Crippen molar-refractivity contribution in [2.24, 2.45) is 12.5 Å². The lowest BCUT2D eigenvalue weighted by atomic mass is 10.0. The molecule has 9 heteroatoms. The van der Waals surface area contributed by atoms with Gasteiger partial charge in [0.25, 0.3) is 0 Å². The summed E-state index contributed by atoms with van der Waals surface area (Å²) >= 11 is 0. The zero-order valence-electron chi connectivity index (χ0n) is 18.9. The van der Waals surface area contributed by atoms with E-state index in [0.29, 0.717) is 30.0 Å². The van der Waals surface area contributed by atoms with Gasteiger partial charge in [-0.3, -0.25) is 19.3 Å². The van der Waals surface area contributed by atoms with Gasteiger partial charge in [-0.15, -0.1) is 0 Å². The number of halogens is 1. The van der Waals surface area contributed by atoms with Crippen LogP contribution in [0.25, 0.3) is 11.3 Å². The molecule has 4 aromatic rings. The van der Waals surface area contributed by atoms with Crippen LogP contribution in [-0.2, 0) is 16.6 Å². The van der Waals surface area contributed by atoms with Gasteiger partial charge < -0.3 is 15.4 Å².